The van der Waals surface area contributed by atoms with Crippen LogP contribution in [0.25, 0.3) is 0 Å². The van der Waals surface area contributed by atoms with Crippen LogP contribution in [0.15, 0.2) is 23.2 Å². The Kier molecular flexibility index (Phi) is 9.36. The van der Waals surface area contributed by atoms with Crippen molar-refractivity contribution in [2.75, 3.05) is 39.3 Å². The van der Waals surface area contributed by atoms with Gasteiger partial charge in [0.15, 0.2) is 5.96 Å². The summed E-state index contributed by atoms with van der Waals surface area (Å²) in [4.78, 5) is 4.62. The third-order valence-electron chi connectivity index (χ3n) is 3.38. The second-order valence-corrected chi connectivity index (χ2v) is 6.07. The molecular formula is C17H29N3O2S. The summed E-state index contributed by atoms with van der Waals surface area (Å²) in [6.45, 7) is 5.80. The van der Waals surface area contributed by atoms with Crippen LogP contribution in [0.3, 0.4) is 0 Å². The van der Waals surface area contributed by atoms with E-state index in [2.05, 4.69) is 35.7 Å². The molecule has 0 amide bonds. The quantitative estimate of drug-likeness (QED) is 0.411. The zero-order valence-corrected chi connectivity index (χ0v) is 15.6. The van der Waals surface area contributed by atoms with Crippen molar-refractivity contribution in [3.8, 4) is 11.5 Å². The van der Waals surface area contributed by atoms with Gasteiger partial charge in [0.1, 0.15) is 11.5 Å². The summed E-state index contributed by atoms with van der Waals surface area (Å²) in [5.41, 5.74) is 1.04. The van der Waals surface area contributed by atoms with Crippen molar-refractivity contribution in [1.29, 1.82) is 0 Å². The van der Waals surface area contributed by atoms with Gasteiger partial charge >= 0.3 is 0 Å². The first-order chi connectivity index (χ1) is 11.2. The van der Waals surface area contributed by atoms with Crippen LogP contribution in [0.2, 0.25) is 0 Å². The smallest absolute Gasteiger partial charge is 0.191 e. The Morgan fingerprint density at radius 2 is 2.09 bits per heavy atom. The van der Waals surface area contributed by atoms with Crippen LogP contribution in [0.5, 0.6) is 11.5 Å². The molecule has 0 radical (unpaired) electrons. The predicted molar refractivity (Wildman–Crippen MR) is 100 cm³/mol. The van der Waals surface area contributed by atoms with Gasteiger partial charge < -0.3 is 20.1 Å². The van der Waals surface area contributed by atoms with E-state index in [-0.39, 0.29) is 6.04 Å². The summed E-state index contributed by atoms with van der Waals surface area (Å²) >= 11 is 1.85. The highest BCUT2D eigenvalue weighted by Gasteiger charge is 2.14. The van der Waals surface area contributed by atoms with Crippen LogP contribution in [0.1, 0.15) is 31.9 Å². The first-order valence-electron chi connectivity index (χ1n) is 7.91. The zero-order chi connectivity index (χ0) is 17.1. The number of nitrogens with zero attached hydrogens (tertiary/aromatic N) is 1. The molecule has 0 spiro atoms. The number of benzene rings is 1. The SMILES string of the molecule is CCNC(=NCCCSC)NC(C)c1cc(OC)ccc1OC. The van der Waals surface area contributed by atoms with Crippen molar-refractivity contribution in [3.63, 3.8) is 0 Å². The number of methoxy groups -OCH3 is 2. The van der Waals surface area contributed by atoms with E-state index in [0.717, 1.165) is 48.3 Å². The molecule has 1 unspecified atom stereocenters. The summed E-state index contributed by atoms with van der Waals surface area (Å²) in [7, 11) is 3.35. The van der Waals surface area contributed by atoms with Crippen LogP contribution in [0, 0.1) is 0 Å². The monoisotopic (exact) mass is 339 g/mol. The standard InChI is InChI=1S/C17H29N3O2S/c1-6-18-17(19-10-7-11-23-5)20-13(2)15-12-14(21-3)8-9-16(15)22-4/h8-9,12-13H,6-7,10-11H2,1-5H3,(H2,18,19,20). The largest absolute Gasteiger partial charge is 0.497 e. The summed E-state index contributed by atoms with van der Waals surface area (Å²) in [6, 6.07) is 5.87. The van der Waals surface area contributed by atoms with E-state index in [1.165, 1.54) is 0 Å². The van der Waals surface area contributed by atoms with E-state index in [4.69, 9.17) is 9.47 Å². The molecule has 1 atom stereocenters. The maximum atomic E-state index is 5.46. The highest BCUT2D eigenvalue weighted by molar-refractivity contribution is 7.98. The van der Waals surface area contributed by atoms with Crippen LogP contribution in [0.4, 0.5) is 0 Å². The molecule has 23 heavy (non-hydrogen) atoms. The molecule has 2 N–H and O–H groups in total. The van der Waals surface area contributed by atoms with E-state index in [0.29, 0.717) is 0 Å². The molecule has 0 fully saturated rings. The Morgan fingerprint density at radius 1 is 1.30 bits per heavy atom. The molecule has 130 valence electrons. The van der Waals surface area contributed by atoms with E-state index >= 15 is 0 Å². The van der Waals surface area contributed by atoms with Gasteiger partial charge in [0.25, 0.3) is 0 Å². The number of nitrogens with one attached hydrogen (secondary N) is 2. The average molecular weight is 340 g/mol. The summed E-state index contributed by atoms with van der Waals surface area (Å²) in [5, 5.41) is 6.72. The Labute approximate surface area is 144 Å². The van der Waals surface area contributed by atoms with E-state index in [1.807, 2.05) is 30.0 Å². The number of rotatable bonds is 9. The van der Waals surface area contributed by atoms with E-state index in [1.54, 1.807) is 14.2 Å². The van der Waals surface area contributed by atoms with Gasteiger partial charge in [-0.05, 0) is 50.5 Å². The maximum Gasteiger partial charge on any atom is 0.191 e. The lowest BCUT2D eigenvalue weighted by molar-refractivity contribution is 0.394. The number of guanidine groups is 1. The molecule has 0 aliphatic carbocycles. The molecule has 5 nitrogen and oxygen atoms in total. The molecule has 0 saturated carbocycles. The van der Waals surface area contributed by atoms with Gasteiger partial charge in [-0.2, -0.15) is 11.8 Å². The fraction of sp³-hybridized carbons (Fsp3) is 0.588. The van der Waals surface area contributed by atoms with Gasteiger partial charge in [0.2, 0.25) is 0 Å². The molecule has 0 aromatic heterocycles. The first kappa shape index (κ1) is 19.5. The highest BCUT2D eigenvalue weighted by Crippen LogP contribution is 2.29. The second kappa shape index (κ2) is 11.0. The van der Waals surface area contributed by atoms with Gasteiger partial charge in [-0.15, -0.1) is 0 Å². The minimum atomic E-state index is 0.0541. The Balaban J connectivity index is 2.82. The number of hydrogen-bond acceptors (Lipinski definition) is 4. The molecule has 1 rings (SSSR count). The van der Waals surface area contributed by atoms with Crippen molar-refractivity contribution in [2.45, 2.75) is 26.3 Å². The fourth-order valence-corrected chi connectivity index (χ4v) is 2.60. The van der Waals surface area contributed by atoms with Crippen LogP contribution in [-0.2, 0) is 0 Å². The summed E-state index contributed by atoms with van der Waals surface area (Å²) < 4.78 is 10.8. The lowest BCUT2D eigenvalue weighted by atomic mass is 10.1. The predicted octanol–water partition coefficient (Wildman–Crippen LogP) is 3.07. The molecule has 0 heterocycles. The Morgan fingerprint density at radius 3 is 2.70 bits per heavy atom. The van der Waals surface area contributed by atoms with Crippen molar-refractivity contribution in [1.82, 2.24) is 10.6 Å². The molecule has 1 aromatic rings. The molecule has 0 aliphatic rings. The molecule has 6 heteroatoms. The third-order valence-corrected chi connectivity index (χ3v) is 4.07. The van der Waals surface area contributed by atoms with Crippen molar-refractivity contribution in [3.05, 3.63) is 23.8 Å². The molecule has 0 aliphatic heterocycles. The van der Waals surface area contributed by atoms with E-state index in [9.17, 15) is 0 Å². The van der Waals surface area contributed by atoms with Gasteiger partial charge in [0.05, 0.1) is 20.3 Å². The Hall–Kier alpha value is -1.56. The third kappa shape index (κ3) is 6.60. The van der Waals surface area contributed by atoms with Gasteiger partial charge in [-0.25, -0.2) is 0 Å². The van der Waals surface area contributed by atoms with Gasteiger partial charge in [-0.3, -0.25) is 4.99 Å². The minimum absolute atomic E-state index is 0.0541. The lowest BCUT2D eigenvalue weighted by Crippen LogP contribution is -2.39. The normalized spacial score (nSPS) is 12.7. The number of hydrogen-bond donors (Lipinski definition) is 2. The molecular weight excluding hydrogens is 310 g/mol. The fourth-order valence-electron chi connectivity index (χ4n) is 2.18. The highest BCUT2D eigenvalue weighted by atomic mass is 32.2. The second-order valence-electron chi connectivity index (χ2n) is 5.08. The topological polar surface area (TPSA) is 54.9 Å². The maximum absolute atomic E-state index is 5.46. The van der Waals surface area contributed by atoms with Gasteiger partial charge in [0, 0.05) is 18.7 Å². The van der Waals surface area contributed by atoms with Crippen LogP contribution >= 0.6 is 11.8 Å². The van der Waals surface area contributed by atoms with Crippen LogP contribution in [-0.4, -0.2) is 45.3 Å². The van der Waals surface area contributed by atoms with Gasteiger partial charge in [-0.1, -0.05) is 0 Å². The summed E-state index contributed by atoms with van der Waals surface area (Å²) in [5.74, 6) is 3.61. The van der Waals surface area contributed by atoms with Crippen molar-refractivity contribution >= 4 is 17.7 Å². The molecule has 1 aromatic carbocycles. The molecule has 0 bridgehead atoms. The molecule has 0 saturated heterocycles. The minimum Gasteiger partial charge on any atom is -0.497 e. The van der Waals surface area contributed by atoms with Crippen LogP contribution < -0.4 is 20.1 Å². The number of thioether (sulfide) groups is 1. The Bertz CT molecular complexity index is 495. The number of ether oxygens (including phenoxy) is 2. The van der Waals surface area contributed by atoms with Crippen molar-refractivity contribution in [2.24, 2.45) is 4.99 Å². The zero-order valence-electron chi connectivity index (χ0n) is 14.8. The lowest BCUT2D eigenvalue weighted by Gasteiger charge is -2.20. The first-order valence-corrected chi connectivity index (χ1v) is 9.31. The summed E-state index contributed by atoms with van der Waals surface area (Å²) in [6.07, 6.45) is 3.19. The van der Waals surface area contributed by atoms with Crippen molar-refractivity contribution < 1.29 is 9.47 Å². The van der Waals surface area contributed by atoms with E-state index < -0.39 is 0 Å². The number of aliphatic imine (C=N–C) groups is 1. The average Bonchev–Trinajstić information content (AvgIpc) is 2.58.